The Morgan fingerprint density at radius 2 is 1.74 bits per heavy atom. The molecule has 0 unspecified atom stereocenters. The fourth-order valence-electron chi connectivity index (χ4n) is 2.05. The Labute approximate surface area is 117 Å². The molecular formula is C17H25NO. The third-order valence-corrected chi connectivity index (χ3v) is 3.41. The lowest BCUT2D eigenvalue weighted by molar-refractivity contribution is -0.123. The van der Waals surface area contributed by atoms with Crippen LogP contribution in [0.4, 0.5) is 0 Å². The summed E-state index contributed by atoms with van der Waals surface area (Å²) in [5, 5.41) is 0. The molecule has 1 aromatic carbocycles. The van der Waals surface area contributed by atoms with Crippen LogP contribution in [0.15, 0.2) is 36.4 Å². The molecule has 0 aliphatic rings. The molecule has 0 N–H and O–H groups in total. The molecule has 104 valence electrons. The molecule has 19 heavy (non-hydrogen) atoms. The van der Waals surface area contributed by atoms with E-state index in [0.717, 1.165) is 25.2 Å². The van der Waals surface area contributed by atoms with E-state index in [1.807, 2.05) is 50.3 Å². The van der Waals surface area contributed by atoms with Crippen LogP contribution >= 0.6 is 0 Å². The Kier molecular flexibility index (Phi) is 5.97. The monoisotopic (exact) mass is 259 g/mol. The van der Waals surface area contributed by atoms with Gasteiger partial charge in [0.25, 0.3) is 0 Å². The van der Waals surface area contributed by atoms with E-state index in [2.05, 4.69) is 18.7 Å². The summed E-state index contributed by atoms with van der Waals surface area (Å²) in [4.78, 5) is 14.6. The van der Waals surface area contributed by atoms with Crippen molar-refractivity contribution in [1.82, 2.24) is 4.90 Å². The van der Waals surface area contributed by atoms with Gasteiger partial charge in [-0.15, -0.1) is 0 Å². The van der Waals surface area contributed by atoms with Gasteiger partial charge in [0.05, 0.1) is 0 Å². The van der Waals surface area contributed by atoms with E-state index < -0.39 is 0 Å². The van der Waals surface area contributed by atoms with E-state index in [9.17, 15) is 4.79 Å². The van der Waals surface area contributed by atoms with Gasteiger partial charge in [-0.2, -0.15) is 0 Å². The molecular weight excluding hydrogens is 234 g/mol. The molecule has 0 aliphatic heterocycles. The first-order valence-corrected chi connectivity index (χ1v) is 6.99. The van der Waals surface area contributed by atoms with Gasteiger partial charge in [0.2, 0.25) is 0 Å². The first kappa shape index (κ1) is 15.6. The highest BCUT2D eigenvalue weighted by Gasteiger charge is 2.27. The predicted octanol–water partition coefficient (Wildman–Crippen LogP) is 3.64. The van der Waals surface area contributed by atoms with Gasteiger partial charge in [0.15, 0.2) is 5.78 Å². The summed E-state index contributed by atoms with van der Waals surface area (Å²) in [6, 6.07) is 9.93. The lowest BCUT2D eigenvalue weighted by Crippen LogP contribution is -2.38. The summed E-state index contributed by atoms with van der Waals surface area (Å²) < 4.78 is 0. The number of allylic oxidation sites excluding steroid dienone is 1. The van der Waals surface area contributed by atoms with Gasteiger partial charge in [0.1, 0.15) is 0 Å². The lowest BCUT2D eigenvalue weighted by Gasteiger charge is -2.29. The van der Waals surface area contributed by atoms with Crippen LogP contribution in [-0.2, 0) is 4.79 Å². The third-order valence-electron chi connectivity index (χ3n) is 3.41. The average molecular weight is 259 g/mol. The fourth-order valence-corrected chi connectivity index (χ4v) is 2.05. The Bertz CT molecular complexity index is 416. The van der Waals surface area contributed by atoms with Gasteiger partial charge in [-0.3, -0.25) is 4.79 Å². The van der Waals surface area contributed by atoms with Crippen molar-refractivity contribution >= 4 is 11.9 Å². The third kappa shape index (κ3) is 4.99. The van der Waals surface area contributed by atoms with Crippen LogP contribution in [0.1, 0.15) is 33.3 Å². The highest BCUT2D eigenvalue weighted by molar-refractivity contribution is 5.97. The molecule has 2 nitrogen and oxygen atoms in total. The minimum absolute atomic E-state index is 0.184. The van der Waals surface area contributed by atoms with Gasteiger partial charge in [-0.05, 0) is 24.7 Å². The van der Waals surface area contributed by atoms with Gasteiger partial charge >= 0.3 is 0 Å². The number of carbonyl (C=O) groups is 1. The Morgan fingerprint density at radius 1 is 1.16 bits per heavy atom. The highest BCUT2D eigenvalue weighted by atomic mass is 16.1. The van der Waals surface area contributed by atoms with E-state index in [0.29, 0.717) is 0 Å². The van der Waals surface area contributed by atoms with Crippen LogP contribution in [0.3, 0.4) is 0 Å². The van der Waals surface area contributed by atoms with Crippen LogP contribution in [0.25, 0.3) is 6.08 Å². The van der Waals surface area contributed by atoms with Gasteiger partial charge in [0, 0.05) is 12.0 Å². The molecule has 0 bridgehead atoms. The number of benzene rings is 1. The van der Waals surface area contributed by atoms with Crippen LogP contribution in [0, 0.1) is 5.41 Å². The fraction of sp³-hybridized carbons (Fsp3) is 0.471. The summed E-state index contributed by atoms with van der Waals surface area (Å²) in [7, 11) is 0. The maximum atomic E-state index is 12.3. The van der Waals surface area contributed by atoms with Gasteiger partial charge in [-0.1, -0.05) is 64.1 Å². The minimum Gasteiger partial charge on any atom is -0.303 e. The summed E-state index contributed by atoms with van der Waals surface area (Å²) in [6.45, 7) is 11.1. The molecule has 0 saturated carbocycles. The molecule has 0 atom stereocenters. The summed E-state index contributed by atoms with van der Waals surface area (Å²) in [5.74, 6) is 0.184. The normalized spacial score (nSPS) is 12.3. The Hall–Kier alpha value is -1.41. The van der Waals surface area contributed by atoms with E-state index >= 15 is 0 Å². The van der Waals surface area contributed by atoms with Crippen molar-refractivity contribution in [2.24, 2.45) is 5.41 Å². The minimum atomic E-state index is -0.336. The molecule has 2 heteroatoms. The second-order valence-corrected chi connectivity index (χ2v) is 5.45. The van der Waals surface area contributed by atoms with E-state index in [1.165, 1.54) is 0 Å². The molecule has 0 fully saturated rings. The number of carbonyl (C=O) groups excluding carboxylic acids is 1. The summed E-state index contributed by atoms with van der Waals surface area (Å²) in [6.07, 6.45) is 3.60. The summed E-state index contributed by atoms with van der Waals surface area (Å²) in [5.41, 5.74) is 0.728. The molecule has 1 aromatic rings. The van der Waals surface area contributed by atoms with Gasteiger partial charge < -0.3 is 4.90 Å². The largest absolute Gasteiger partial charge is 0.303 e. The highest BCUT2D eigenvalue weighted by Crippen LogP contribution is 2.20. The predicted molar refractivity (Wildman–Crippen MR) is 82.1 cm³/mol. The number of hydrogen-bond acceptors (Lipinski definition) is 2. The zero-order valence-electron chi connectivity index (χ0n) is 12.5. The van der Waals surface area contributed by atoms with Crippen molar-refractivity contribution in [2.75, 3.05) is 19.6 Å². The smallest absolute Gasteiger partial charge is 0.162 e. The molecule has 0 saturated heterocycles. The van der Waals surface area contributed by atoms with Crippen LogP contribution in [0.5, 0.6) is 0 Å². The van der Waals surface area contributed by atoms with Crippen molar-refractivity contribution in [2.45, 2.75) is 27.7 Å². The molecule has 1 rings (SSSR count). The molecule has 0 amide bonds. The van der Waals surface area contributed by atoms with Crippen LogP contribution < -0.4 is 0 Å². The molecule has 0 aliphatic carbocycles. The summed E-state index contributed by atoms with van der Waals surface area (Å²) >= 11 is 0. The van der Waals surface area contributed by atoms with Crippen molar-refractivity contribution in [3.8, 4) is 0 Å². The topological polar surface area (TPSA) is 20.3 Å². The van der Waals surface area contributed by atoms with E-state index in [-0.39, 0.29) is 11.2 Å². The molecule has 0 heterocycles. The zero-order chi connectivity index (χ0) is 14.3. The number of hydrogen-bond donors (Lipinski definition) is 0. The first-order chi connectivity index (χ1) is 8.99. The zero-order valence-corrected chi connectivity index (χ0v) is 12.5. The number of ketones is 1. The van der Waals surface area contributed by atoms with Crippen molar-refractivity contribution in [3.05, 3.63) is 42.0 Å². The SMILES string of the molecule is CCN(CC)CC(C)(C)C(=O)/C=C\c1ccccc1. The number of rotatable bonds is 7. The molecule has 0 radical (unpaired) electrons. The molecule has 0 spiro atoms. The van der Waals surface area contributed by atoms with Crippen molar-refractivity contribution < 1.29 is 4.79 Å². The average Bonchev–Trinajstić information content (AvgIpc) is 2.43. The second-order valence-electron chi connectivity index (χ2n) is 5.45. The van der Waals surface area contributed by atoms with Crippen molar-refractivity contribution in [3.63, 3.8) is 0 Å². The van der Waals surface area contributed by atoms with Gasteiger partial charge in [-0.25, -0.2) is 0 Å². The maximum Gasteiger partial charge on any atom is 0.162 e. The van der Waals surface area contributed by atoms with Crippen molar-refractivity contribution in [1.29, 1.82) is 0 Å². The first-order valence-electron chi connectivity index (χ1n) is 6.99. The molecule has 0 aromatic heterocycles. The maximum absolute atomic E-state index is 12.3. The van der Waals surface area contributed by atoms with Crippen LogP contribution in [0.2, 0.25) is 0 Å². The standard InChI is InChI=1S/C17H25NO/c1-5-18(6-2)14-17(3,4)16(19)13-12-15-10-8-7-9-11-15/h7-13H,5-6,14H2,1-4H3/b13-12-. The Morgan fingerprint density at radius 3 is 2.26 bits per heavy atom. The number of nitrogens with zero attached hydrogens (tertiary/aromatic N) is 1. The Balaban J connectivity index is 2.68. The second kappa shape index (κ2) is 7.25. The van der Waals surface area contributed by atoms with E-state index in [4.69, 9.17) is 0 Å². The van der Waals surface area contributed by atoms with E-state index in [1.54, 1.807) is 6.08 Å². The lowest BCUT2D eigenvalue weighted by atomic mass is 9.87. The quantitative estimate of drug-likeness (QED) is 0.697. The van der Waals surface area contributed by atoms with Crippen LogP contribution in [-0.4, -0.2) is 30.3 Å².